The molecule has 0 bridgehead atoms. The van der Waals surface area contributed by atoms with E-state index >= 15 is 0 Å². The van der Waals surface area contributed by atoms with Crippen LogP contribution in [0, 0.1) is 11.8 Å². The van der Waals surface area contributed by atoms with Crippen molar-refractivity contribution in [3.8, 4) is 17.2 Å². The first-order chi connectivity index (χ1) is 11.4. The van der Waals surface area contributed by atoms with Gasteiger partial charge in [-0.2, -0.15) is 0 Å². The highest BCUT2D eigenvalue weighted by Crippen LogP contribution is 2.40. The summed E-state index contributed by atoms with van der Waals surface area (Å²) in [5.41, 5.74) is 0.338. The fourth-order valence-corrected chi connectivity index (χ4v) is 2.56. The fourth-order valence-electron chi connectivity index (χ4n) is 2.56. The maximum atomic E-state index is 12.4. The first-order valence-corrected chi connectivity index (χ1v) is 7.91. The number of benzene rings is 1. The maximum Gasteiger partial charge on any atom is 0.308 e. The van der Waals surface area contributed by atoms with Crippen LogP contribution in [0.3, 0.4) is 0 Å². The van der Waals surface area contributed by atoms with Crippen LogP contribution >= 0.6 is 0 Å². The average Bonchev–Trinajstić information content (AvgIpc) is 2.56. The zero-order valence-corrected chi connectivity index (χ0v) is 14.1. The highest BCUT2D eigenvalue weighted by atomic mass is 16.6. The van der Waals surface area contributed by atoms with Crippen molar-refractivity contribution in [1.29, 1.82) is 0 Å². The smallest absolute Gasteiger partial charge is 0.308 e. The summed E-state index contributed by atoms with van der Waals surface area (Å²) in [6.07, 6.45) is 0.500. The Balaban J connectivity index is 2.10. The summed E-state index contributed by atoms with van der Waals surface area (Å²) in [5, 5.41) is 11.9. The van der Waals surface area contributed by atoms with Crippen molar-refractivity contribution in [3.05, 3.63) is 17.7 Å². The second-order valence-electron chi connectivity index (χ2n) is 6.08. The van der Waals surface area contributed by atoms with Gasteiger partial charge in [0.2, 0.25) is 5.75 Å². The molecular formula is C17H23NO6. The quantitative estimate of drug-likeness (QED) is 0.790. The number of hydrogen-bond acceptors (Lipinski definition) is 5. The number of ether oxygens (including phenoxy) is 3. The zero-order valence-electron chi connectivity index (χ0n) is 14.1. The first-order valence-electron chi connectivity index (χ1n) is 7.91. The second kappa shape index (κ2) is 7.90. The van der Waals surface area contributed by atoms with E-state index < -0.39 is 11.9 Å². The van der Waals surface area contributed by atoms with E-state index in [0.717, 1.165) is 0 Å². The number of rotatable bonds is 7. The lowest BCUT2D eigenvalue weighted by Gasteiger charge is -2.21. The van der Waals surface area contributed by atoms with Gasteiger partial charge in [-0.3, -0.25) is 9.59 Å². The molecule has 1 atom stereocenters. The standard InChI is InChI=1S/C17H23NO6/c1-10(2)6-12(17(20)21)9-18-16(19)11-7-13(22-3)15-14(8-11)23-4-5-24-15/h7-8,10,12H,4-6,9H2,1-3H3,(H,18,19)(H,20,21)/t12-/m0/s1. The summed E-state index contributed by atoms with van der Waals surface area (Å²) in [6.45, 7) is 4.79. The van der Waals surface area contributed by atoms with Crippen LogP contribution in [-0.2, 0) is 4.79 Å². The molecule has 1 heterocycles. The lowest BCUT2D eigenvalue weighted by Crippen LogP contribution is -2.33. The number of carbonyl (C=O) groups is 2. The highest BCUT2D eigenvalue weighted by Gasteiger charge is 2.23. The maximum absolute atomic E-state index is 12.4. The number of amides is 1. The fraction of sp³-hybridized carbons (Fsp3) is 0.529. The van der Waals surface area contributed by atoms with Gasteiger partial charge in [-0.1, -0.05) is 13.8 Å². The van der Waals surface area contributed by atoms with Gasteiger partial charge in [0.05, 0.1) is 13.0 Å². The Morgan fingerprint density at radius 1 is 1.29 bits per heavy atom. The molecule has 132 valence electrons. The molecule has 0 saturated carbocycles. The molecule has 0 radical (unpaired) electrons. The van der Waals surface area contributed by atoms with Gasteiger partial charge in [-0.15, -0.1) is 0 Å². The van der Waals surface area contributed by atoms with Crippen LogP contribution in [0.15, 0.2) is 12.1 Å². The van der Waals surface area contributed by atoms with Crippen LogP contribution in [0.5, 0.6) is 17.2 Å². The Hall–Kier alpha value is -2.44. The summed E-state index contributed by atoms with van der Waals surface area (Å²) in [5.74, 6) is -0.338. The Labute approximate surface area is 140 Å². The van der Waals surface area contributed by atoms with E-state index in [-0.39, 0.29) is 18.4 Å². The monoisotopic (exact) mass is 337 g/mol. The summed E-state index contributed by atoms with van der Waals surface area (Å²) in [7, 11) is 1.48. The van der Waals surface area contributed by atoms with Gasteiger partial charge in [0.15, 0.2) is 11.5 Å². The SMILES string of the molecule is COc1cc(C(=O)NC[C@H](CC(C)C)C(=O)O)cc2c1OCCO2. The molecule has 7 heteroatoms. The van der Waals surface area contributed by atoms with Crippen LogP contribution in [0.4, 0.5) is 0 Å². The van der Waals surface area contributed by atoms with Crippen LogP contribution in [-0.4, -0.2) is 43.9 Å². The number of carboxylic acids is 1. The van der Waals surface area contributed by atoms with Crippen molar-refractivity contribution >= 4 is 11.9 Å². The highest BCUT2D eigenvalue weighted by molar-refractivity contribution is 5.95. The van der Waals surface area contributed by atoms with Gasteiger partial charge in [-0.05, 0) is 24.5 Å². The van der Waals surface area contributed by atoms with Gasteiger partial charge in [0.25, 0.3) is 5.91 Å². The van der Waals surface area contributed by atoms with Crippen LogP contribution in [0.2, 0.25) is 0 Å². The Kier molecular flexibility index (Phi) is 5.89. The summed E-state index contributed by atoms with van der Waals surface area (Å²) in [6, 6.07) is 3.13. The molecule has 1 aliphatic rings. The van der Waals surface area contributed by atoms with E-state index in [1.807, 2.05) is 13.8 Å². The minimum absolute atomic E-state index is 0.0725. The third-order valence-corrected chi connectivity index (χ3v) is 3.70. The summed E-state index contributed by atoms with van der Waals surface area (Å²) < 4.78 is 16.2. The van der Waals surface area contributed by atoms with E-state index in [0.29, 0.717) is 42.4 Å². The molecule has 1 amide bonds. The van der Waals surface area contributed by atoms with Crippen LogP contribution in [0.25, 0.3) is 0 Å². The van der Waals surface area contributed by atoms with E-state index in [1.165, 1.54) is 7.11 Å². The van der Waals surface area contributed by atoms with Crippen LogP contribution in [0.1, 0.15) is 30.6 Å². The third kappa shape index (κ3) is 4.31. The molecule has 2 rings (SSSR count). The largest absolute Gasteiger partial charge is 0.493 e. The van der Waals surface area contributed by atoms with E-state index in [4.69, 9.17) is 14.2 Å². The number of carboxylic acid groups (broad SMARTS) is 1. The van der Waals surface area contributed by atoms with E-state index in [1.54, 1.807) is 12.1 Å². The minimum Gasteiger partial charge on any atom is -0.493 e. The predicted molar refractivity (Wildman–Crippen MR) is 86.9 cm³/mol. The summed E-state index contributed by atoms with van der Waals surface area (Å²) >= 11 is 0. The molecule has 24 heavy (non-hydrogen) atoms. The van der Waals surface area contributed by atoms with Gasteiger partial charge in [0, 0.05) is 12.1 Å². The van der Waals surface area contributed by atoms with Crippen molar-refractivity contribution in [2.75, 3.05) is 26.9 Å². The third-order valence-electron chi connectivity index (χ3n) is 3.70. The molecule has 2 N–H and O–H groups in total. The number of aliphatic carboxylic acids is 1. The summed E-state index contributed by atoms with van der Waals surface area (Å²) in [4.78, 5) is 23.6. The van der Waals surface area contributed by atoms with E-state index in [2.05, 4.69) is 5.32 Å². The second-order valence-corrected chi connectivity index (χ2v) is 6.08. The molecule has 0 aromatic heterocycles. The minimum atomic E-state index is -0.913. The van der Waals surface area contributed by atoms with Crippen molar-refractivity contribution in [2.45, 2.75) is 20.3 Å². The average molecular weight is 337 g/mol. The lowest BCUT2D eigenvalue weighted by atomic mass is 9.97. The van der Waals surface area contributed by atoms with Gasteiger partial charge in [0.1, 0.15) is 13.2 Å². The van der Waals surface area contributed by atoms with Crippen molar-refractivity contribution in [2.24, 2.45) is 11.8 Å². The zero-order chi connectivity index (χ0) is 17.7. The van der Waals surface area contributed by atoms with Gasteiger partial charge < -0.3 is 24.6 Å². The molecule has 0 fully saturated rings. The molecule has 1 aliphatic heterocycles. The van der Waals surface area contributed by atoms with Crippen molar-refractivity contribution in [1.82, 2.24) is 5.32 Å². The lowest BCUT2D eigenvalue weighted by molar-refractivity contribution is -0.142. The van der Waals surface area contributed by atoms with Crippen LogP contribution < -0.4 is 19.5 Å². The molecule has 1 aromatic rings. The molecule has 0 spiro atoms. The topological polar surface area (TPSA) is 94.1 Å². The van der Waals surface area contributed by atoms with Gasteiger partial charge >= 0.3 is 5.97 Å². The number of carbonyl (C=O) groups excluding carboxylic acids is 1. The molecule has 1 aromatic carbocycles. The Morgan fingerprint density at radius 2 is 2.00 bits per heavy atom. The predicted octanol–water partition coefficient (Wildman–Crippen LogP) is 1.94. The number of hydrogen-bond donors (Lipinski definition) is 2. The van der Waals surface area contributed by atoms with Gasteiger partial charge in [-0.25, -0.2) is 0 Å². The van der Waals surface area contributed by atoms with Crippen molar-refractivity contribution in [3.63, 3.8) is 0 Å². The normalized spacial score (nSPS) is 14.2. The Bertz CT molecular complexity index is 596. The molecular weight excluding hydrogens is 314 g/mol. The Morgan fingerprint density at radius 3 is 2.62 bits per heavy atom. The number of methoxy groups -OCH3 is 1. The molecule has 0 aliphatic carbocycles. The first kappa shape index (κ1) is 17.9. The molecule has 0 saturated heterocycles. The molecule has 0 unspecified atom stereocenters. The van der Waals surface area contributed by atoms with Crippen molar-refractivity contribution < 1.29 is 28.9 Å². The number of fused-ring (bicyclic) bond motifs is 1. The van der Waals surface area contributed by atoms with E-state index in [9.17, 15) is 14.7 Å². The number of nitrogens with one attached hydrogen (secondary N) is 1. The molecule has 7 nitrogen and oxygen atoms in total.